The molecule has 28 heavy (non-hydrogen) atoms. The Bertz CT molecular complexity index is 1120. The molecule has 0 unspecified atom stereocenters. The van der Waals surface area contributed by atoms with Crippen LogP contribution in [0.15, 0.2) is 48.8 Å². The van der Waals surface area contributed by atoms with Gasteiger partial charge in [0.1, 0.15) is 17.8 Å². The molecule has 2 aromatic carbocycles. The Labute approximate surface area is 169 Å². The van der Waals surface area contributed by atoms with Gasteiger partial charge in [-0.3, -0.25) is 0 Å². The standard InChI is InChI=1S/C21H22N6.ClH/c22-20-18-19(17-6-5-15-3-1-2-4-16(15)11-17)26-27(21(18)25-13-24-20)12-14-7-9-23-10-8-14;/h1-6,11,13-14,23H,7-10,12H2,(H2,22,24,25);1H. The first-order valence-corrected chi connectivity index (χ1v) is 9.46. The zero-order chi connectivity index (χ0) is 18.2. The molecule has 6 nitrogen and oxygen atoms in total. The van der Waals surface area contributed by atoms with Crippen LogP contribution in [0.3, 0.4) is 0 Å². The van der Waals surface area contributed by atoms with Crippen LogP contribution in [0, 0.1) is 5.92 Å². The van der Waals surface area contributed by atoms with Crippen molar-refractivity contribution in [2.45, 2.75) is 19.4 Å². The molecule has 0 radical (unpaired) electrons. The summed E-state index contributed by atoms with van der Waals surface area (Å²) in [5.41, 5.74) is 8.97. The molecule has 3 N–H and O–H groups in total. The number of rotatable bonds is 3. The number of piperidine rings is 1. The Morgan fingerprint density at radius 3 is 2.64 bits per heavy atom. The van der Waals surface area contributed by atoms with Crippen molar-refractivity contribution >= 4 is 40.0 Å². The molecule has 0 aliphatic carbocycles. The summed E-state index contributed by atoms with van der Waals surface area (Å²) in [4.78, 5) is 8.73. The highest BCUT2D eigenvalue weighted by Crippen LogP contribution is 2.32. The number of halogens is 1. The zero-order valence-electron chi connectivity index (χ0n) is 15.5. The van der Waals surface area contributed by atoms with Crippen molar-refractivity contribution in [1.29, 1.82) is 0 Å². The molecular formula is C21H23ClN6. The van der Waals surface area contributed by atoms with Gasteiger partial charge >= 0.3 is 0 Å². The number of anilines is 1. The van der Waals surface area contributed by atoms with E-state index in [1.165, 1.54) is 17.1 Å². The van der Waals surface area contributed by atoms with Crippen LogP contribution in [0.4, 0.5) is 5.82 Å². The number of aromatic nitrogens is 4. The van der Waals surface area contributed by atoms with Gasteiger partial charge < -0.3 is 11.1 Å². The third-order valence-electron chi connectivity index (χ3n) is 5.47. The smallest absolute Gasteiger partial charge is 0.163 e. The highest BCUT2D eigenvalue weighted by atomic mass is 35.5. The highest BCUT2D eigenvalue weighted by molar-refractivity contribution is 6.00. The minimum Gasteiger partial charge on any atom is -0.383 e. The second-order valence-corrected chi connectivity index (χ2v) is 7.24. The molecule has 1 saturated heterocycles. The Balaban J connectivity index is 0.00000192. The summed E-state index contributed by atoms with van der Waals surface area (Å²) in [5, 5.41) is 11.6. The van der Waals surface area contributed by atoms with Crippen molar-refractivity contribution in [3.63, 3.8) is 0 Å². The summed E-state index contributed by atoms with van der Waals surface area (Å²) in [7, 11) is 0. The van der Waals surface area contributed by atoms with E-state index in [0.717, 1.165) is 54.8 Å². The fraction of sp³-hybridized carbons (Fsp3) is 0.286. The van der Waals surface area contributed by atoms with Crippen molar-refractivity contribution in [2.24, 2.45) is 5.92 Å². The monoisotopic (exact) mass is 394 g/mol. The zero-order valence-corrected chi connectivity index (χ0v) is 16.3. The summed E-state index contributed by atoms with van der Waals surface area (Å²) < 4.78 is 2.02. The minimum atomic E-state index is 0. The summed E-state index contributed by atoms with van der Waals surface area (Å²) in [6.07, 6.45) is 3.85. The molecule has 7 heteroatoms. The highest BCUT2D eigenvalue weighted by Gasteiger charge is 2.20. The lowest BCUT2D eigenvalue weighted by atomic mass is 9.98. The lowest BCUT2D eigenvalue weighted by Gasteiger charge is -2.22. The van der Waals surface area contributed by atoms with E-state index in [9.17, 15) is 0 Å². The fourth-order valence-corrected chi connectivity index (χ4v) is 4.01. The first-order chi connectivity index (χ1) is 13.3. The summed E-state index contributed by atoms with van der Waals surface area (Å²) >= 11 is 0. The average molecular weight is 395 g/mol. The van der Waals surface area contributed by atoms with Gasteiger partial charge in [-0.15, -0.1) is 12.4 Å². The molecule has 0 amide bonds. The van der Waals surface area contributed by atoms with Gasteiger partial charge in [0.05, 0.1) is 5.39 Å². The van der Waals surface area contributed by atoms with Crippen LogP contribution in [-0.2, 0) is 6.54 Å². The average Bonchev–Trinajstić information content (AvgIpc) is 3.08. The molecule has 1 aliphatic heterocycles. The van der Waals surface area contributed by atoms with Gasteiger partial charge in [0.25, 0.3) is 0 Å². The predicted octanol–water partition coefficient (Wildman–Crippen LogP) is 3.65. The Hall–Kier alpha value is -2.70. The summed E-state index contributed by atoms with van der Waals surface area (Å²) in [6.45, 7) is 3.00. The summed E-state index contributed by atoms with van der Waals surface area (Å²) in [5.74, 6) is 1.09. The topological polar surface area (TPSA) is 81.7 Å². The molecule has 0 spiro atoms. The number of hydrogen-bond acceptors (Lipinski definition) is 5. The molecule has 0 atom stereocenters. The molecule has 144 valence electrons. The molecule has 0 bridgehead atoms. The van der Waals surface area contributed by atoms with Crippen LogP contribution < -0.4 is 11.1 Å². The number of hydrogen-bond donors (Lipinski definition) is 2. The molecule has 4 aromatic rings. The normalized spacial score (nSPS) is 15.0. The van der Waals surface area contributed by atoms with Gasteiger partial charge in [0.2, 0.25) is 0 Å². The molecule has 3 heterocycles. The SMILES string of the molecule is Cl.Nc1ncnc2c1c(-c1ccc3ccccc3c1)nn2CC1CCNCC1. The maximum Gasteiger partial charge on any atom is 0.163 e. The van der Waals surface area contributed by atoms with E-state index in [1.54, 1.807) is 0 Å². The largest absolute Gasteiger partial charge is 0.383 e. The molecule has 0 saturated carbocycles. The number of benzene rings is 2. The molecule has 1 fully saturated rings. The third-order valence-corrected chi connectivity index (χ3v) is 5.47. The lowest BCUT2D eigenvalue weighted by molar-refractivity contribution is 0.325. The van der Waals surface area contributed by atoms with Crippen molar-refractivity contribution < 1.29 is 0 Å². The number of nitrogens with one attached hydrogen (secondary N) is 1. The van der Waals surface area contributed by atoms with Crippen LogP contribution in [0.1, 0.15) is 12.8 Å². The quantitative estimate of drug-likeness (QED) is 0.554. The van der Waals surface area contributed by atoms with E-state index in [2.05, 4.69) is 57.7 Å². The first kappa shape index (κ1) is 18.7. The van der Waals surface area contributed by atoms with Crippen molar-refractivity contribution in [2.75, 3.05) is 18.8 Å². The van der Waals surface area contributed by atoms with Crippen LogP contribution in [0.2, 0.25) is 0 Å². The number of nitrogens with two attached hydrogens (primary N) is 1. The number of fused-ring (bicyclic) bond motifs is 2. The van der Waals surface area contributed by atoms with E-state index < -0.39 is 0 Å². The van der Waals surface area contributed by atoms with Gasteiger partial charge in [-0.25, -0.2) is 14.6 Å². The van der Waals surface area contributed by atoms with Crippen molar-refractivity contribution in [3.8, 4) is 11.3 Å². The lowest BCUT2D eigenvalue weighted by Crippen LogP contribution is -2.30. The Morgan fingerprint density at radius 1 is 1.04 bits per heavy atom. The minimum absolute atomic E-state index is 0. The maximum absolute atomic E-state index is 6.24. The van der Waals surface area contributed by atoms with E-state index in [0.29, 0.717) is 11.7 Å². The predicted molar refractivity (Wildman–Crippen MR) is 116 cm³/mol. The van der Waals surface area contributed by atoms with Crippen LogP contribution >= 0.6 is 12.4 Å². The van der Waals surface area contributed by atoms with Gasteiger partial charge in [0.15, 0.2) is 5.65 Å². The van der Waals surface area contributed by atoms with E-state index in [4.69, 9.17) is 10.8 Å². The van der Waals surface area contributed by atoms with Crippen LogP contribution in [0.25, 0.3) is 33.1 Å². The maximum atomic E-state index is 6.24. The number of nitrogens with zero attached hydrogens (tertiary/aromatic N) is 4. The van der Waals surface area contributed by atoms with Gasteiger partial charge in [-0.1, -0.05) is 36.4 Å². The third kappa shape index (κ3) is 3.30. The van der Waals surface area contributed by atoms with Crippen LogP contribution in [0.5, 0.6) is 0 Å². The first-order valence-electron chi connectivity index (χ1n) is 9.46. The fourth-order valence-electron chi connectivity index (χ4n) is 4.01. The second-order valence-electron chi connectivity index (χ2n) is 7.24. The van der Waals surface area contributed by atoms with E-state index in [-0.39, 0.29) is 12.4 Å². The van der Waals surface area contributed by atoms with Crippen molar-refractivity contribution in [1.82, 2.24) is 25.1 Å². The van der Waals surface area contributed by atoms with E-state index >= 15 is 0 Å². The van der Waals surface area contributed by atoms with Gasteiger partial charge in [0, 0.05) is 12.1 Å². The van der Waals surface area contributed by atoms with Crippen molar-refractivity contribution in [3.05, 3.63) is 48.8 Å². The van der Waals surface area contributed by atoms with Gasteiger partial charge in [-0.2, -0.15) is 5.10 Å². The van der Waals surface area contributed by atoms with Gasteiger partial charge in [-0.05, 0) is 48.7 Å². The molecule has 5 rings (SSSR count). The Kier molecular flexibility index (Phi) is 5.15. The summed E-state index contributed by atoms with van der Waals surface area (Å²) in [6, 6.07) is 14.7. The number of nitrogen functional groups attached to an aromatic ring is 1. The van der Waals surface area contributed by atoms with Crippen LogP contribution in [-0.4, -0.2) is 32.8 Å². The van der Waals surface area contributed by atoms with E-state index in [1.807, 2.05) is 4.68 Å². The molecule has 2 aromatic heterocycles. The Morgan fingerprint density at radius 2 is 1.82 bits per heavy atom. The molecular weight excluding hydrogens is 372 g/mol. The second kappa shape index (κ2) is 7.73. The molecule has 1 aliphatic rings.